The first-order chi connectivity index (χ1) is 16.1. The number of amides is 1. The standard InChI is InChI=1S/C26H33N5O2/c1-17-24(29-26-27-10-3-11-28-26)22-16-21(19-8-12-30(13-9-19)14-15-32)6-7-23(22)31(18(2)33)25(17)20-4-5-20/h3,6-8,10-11,16-17,20,24-25,32H,4-5,9,12-15H2,1-2H3,(H,27,28,29)/t17-,24-,25-/m1/s1. The van der Waals surface area contributed by atoms with Crippen molar-refractivity contribution in [1.29, 1.82) is 0 Å². The SMILES string of the molecule is CC(=O)N1c2ccc(C3=CCN(CCO)CC3)cc2[C@H](Nc2ncccn2)[C@@H](C)[C@@H]1C1CC1. The predicted octanol–water partition coefficient (Wildman–Crippen LogP) is 3.49. The van der Waals surface area contributed by atoms with E-state index in [1.807, 2.05) is 11.0 Å². The van der Waals surface area contributed by atoms with Crippen LogP contribution in [0.1, 0.15) is 50.3 Å². The Labute approximate surface area is 195 Å². The quantitative estimate of drug-likeness (QED) is 0.706. The minimum absolute atomic E-state index is 0.0265. The summed E-state index contributed by atoms with van der Waals surface area (Å²) >= 11 is 0. The van der Waals surface area contributed by atoms with Crippen LogP contribution in [0.4, 0.5) is 11.6 Å². The van der Waals surface area contributed by atoms with Crippen molar-refractivity contribution < 1.29 is 9.90 Å². The van der Waals surface area contributed by atoms with E-state index in [1.165, 1.54) is 24.0 Å². The number of β-amino-alcohol motifs (C(OH)–C–C–N with tert-alkyl or cyclic N) is 1. The Hall–Kier alpha value is -2.77. The number of nitrogens with zero attached hydrogens (tertiary/aromatic N) is 4. The van der Waals surface area contributed by atoms with Crippen molar-refractivity contribution in [1.82, 2.24) is 14.9 Å². The van der Waals surface area contributed by atoms with Crippen LogP contribution in [0, 0.1) is 11.8 Å². The summed E-state index contributed by atoms with van der Waals surface area (Å²) in [7, 11) is 0. The van der Waals surface area contributed by atoms with Gasteiger partial charge in [-0.3, -0.25) is 9.69 Å². The Balaban J connectivity index is 1.54. The molecule has 1 fully saturated rings. The summed E-state index contributed by atoms with van der Waals surface area (Å²) in [4.78, 5) is 26.0. The molecule has 7 heteroatoms. The van der Waals surface area contributed by atoms with E-state index in [1.54, 1.807) is 19.3 Å². The lowest BCUT2D eigenvalue weighted by atomic mass is 9.79. The number of aliphatic hydroxyl groups is 1. The van der Waals surface area contributed by atoms with Gasteiger partial charge in [-0.1, -0.05) is 19.1 Å². The first kappa shape index (κ1) is 22.0. The predicted molar refractivity (Wildman–Crippen MR) is 130 cm³/mol. The fourth-order valence-corrected chi connectivity index (χ4v) is 5.60. The number of benzene rings is 1. The van der Waals surface area contributed by atoms with Crippen molar-refractivity contribution in [2.75, 3.05) is 36.5 Å². The van der Waals surface area contributed by atoms with Crippen molar-refractivity contribution in [3.05, 3.63) is 53.9 Å². The Morgan fingerprint density at radius 1 is 1.24 bits per heavy atom. The second-order valence-corrected chi connectivity index (χ2v) is 9.55. The molecule has 2 aliphatic heterocycles. The number of aliphatic hydroxyl groups excluding tert-OH is 1. The Morgan fingerprint density at radius 2 is 2.03 bits per heavy atom. The van der Waals surface area contributed by atoms with Gasteiger partial charge in [-0.15, -0.1) is 0 Å². The van der Waals surface area contributed by atoms with Crippen LogP contribution in [0.5, 0.6) is 0 Å². The van der Waals surface area contributed by atoms with E-state index in [9.17, 15) is 9.90 Å². The van der Waals surface area contributed by atoms with Crippen LogP contribution in [-0.4, -0.2) is 58.2 Å². The molecule has 1 aromatic heterocycles. The third kappa shape index (κ3) is 4.39. The molecule has 3 atom stereocenters. The van der Waals surface area contributed by atoms with Crippen molar-refractivity contribution in [2.24, 2.45) is 11.8 Å². The summed E-state index contributed by atoms with van der Waals surface area (Å²) in [5, 5.41) is 12.8. The normalized spacial score (nSPS) is 25.4. The highest BCUT2D eigenvalue weighted by molar-refractivity contribution is 5.94. The zero-order valence-corrected chi connectivity index (χ0v) is 19.4. The van der Waals surface area contributed by atoms with E-state index in [0.29, 0.717) is 18.4 Å². The van der Waals surface area contributed by atoms with Gasteiger partial charge < -0.3 is 15.3 Å². The summed E-state index contributed by atoms with van der Waals surface area (Å²) in [6.07, 6.45) is 9.09. The average Bonchev–Trinajstić information content (AvgIpc) is 3.66. The largest absolute Gasteiger partial charge is 0.395 e. The number of rotatable bonds is 6. The molecule has 2 N–H and O–H groups in total. The molecule has 174 valence electrons. The van der Waals surface area contributed by atoms with Crippen LogP contribution in [0.2, 0.25) is 0 Å². The minimum atomic E-state index is 0.0265. The monoisotopic (exact) mass is 447 g/mol. The van der Waals surface area contributed by atoms with E-state index in [0.717, 1.165) is 30.8 Å². The van der Waals surface area contributed by atoms with Crippen LogP contribution in [0.3, 0.4) is 0 Å². The van der Waals surface area contributed by atoms with Gasteiger partial charge in [0.1, 0.15) is 0 Å². The van der Waals surface area contributed by atoms with Gasteiger partial charge >= 0.3 is 0 Å². The highest BCUT2D eigenvalue weighted by atomic mass is 16.3. The molecule has 0 radical (unpaired) electrons. The third-order valence-corrected chi connectivity index (χ3v) is 7.36. The van der Waals surface area contributed by atoms with Crippen LogP contribution < -0.4 is 10.2 Å². The molecule has 3 aliphatic rings. The summed E-state index contributed by atoms with van der Waals surface area (Å²) in [5.41, 5.74) is 4.68. The summed E-state index contributed by atoms with van der Waals surface area (Å²) in [6, 6.07) is 8.59. The highest BCUT2D eigenvalue weighted by Crippen LogP contribution is 2.50. The maximum atomic E-state index is 12.8. The molecule has 0 bridgehead atoms. The topological polar surface area (TPSA) is 81.6 Å². The fourth-order valence-electron chi connectivity index (χ4n) is 5.60. The van der Waals surface area contributed by atoms with Crippen LogP contribution >= 0.6 is 0 Å². The molecule has 1 aliphatic carbocycles. The van der Waals surface area contributed by atoms with Gasteiger partial charge in [0.05, 0.1) is 12.6 Å². The van der Waals surface area contributed by atoms with Gasteiger partial charge in [-0.05, 0) is 60.1 Å². The summed E-state index contributed by atoms with van der Waals surface area (Å²) in [6.45, 7) is 6.65. The zero-order chi connectivity index (χ0) is 22.9. The number of anilines is 2. The molecule has 5 rings (SSSR count). The molecule has 2 aromatic rings. The van der Waals surface area contributed by atoms with Crippen molar-refractivity contribution in [2.45, 2.75) is 45.2 Å². The number of aromatic nitrogens is 2. The maximum Gasteiger partial charge on any atom is 0.224 e. The summed E-state index contributed by atoms with van der Waals surface area (Å²) < 4.78 is 0. The second kappa shape index (κ2) is 9.23. The molecule has 0 spiro atoms. The smallest absolute Gasteiger partial charge is 0.224 e. The molecule has 7 nitrogen and oxygen atoms in total. The van der Waals surface area contributed by atoms with Crippen molar-refractivity contribution in [3.8, 4) is 0 Å². The van der Waals surface area contributed by atoms with Crippen molar-refractivity contribution in [3.63, 3.8) is 0 Å². The van der Waals surface area contributed by atoms with Crippen LogP contribution in [-0.2, 0) is 4.79 Å². The van der Waals surface area contributed by atoms with Gasteiger partial charge in [0.25, 0.3) is 0 Å². The lowest BCUT2D eigenvalue weighted by Crippen LogP contribution is -2.51. The van der Waals surface area contributed by atoms with Crippen LogP contribution in [0.25, 0.3) is 5.57 Å². The van der Waals surface area contributed by atoms with E-state index >= 15 is 0 Å². The van der Waals surface area contributed by atoms with E-state index in [2.05, 4.69) is 51.4 Å². The maximum absolute atomic E-state index is 12.8. The zero-order valence-electron chi connectivity index (χ0n) is 19.4. The Kier molecular flexibility index (Phi) is 6.17. The number of nitrogens with one attached hydrogen (secondary N) is 1. The Bertz CT molecular complexity index is 1040. The molecule has 1 aromatic carbocycles. The Morgan fingerprint density at radius 3 is 2.67 bits per heavy atom. The molecule has 0 saturated heterocycles. The molecule has 1 saturated carbocycles. The first-order valence-electron chi connectivity index (χ1n) is 12.1. The van der Waals surface area contributed by atoms with Crippen LogP contribution in [0.15, 0.2) is 42.7 Å². The number of carbonyl (C=O) groups excluding carboxylic acids is 1. The lowest BCUT2D eigenvalue weighted by molar-refractivity contribution is -0.117. The van der Waals surface area contributed by atoms with Gasteiger partial charge in [0.2, 0.25) is 11.9 Å². The van der Waals surface area contributed by atoms with Gasteiger partial charge in [0, 0.05) is 56.6 Å². The molecule has 1 amide bonds. The number of carbonyl (C=O) groups is 1. The van der Waals surface area contributed by atoms with E-state index in [-0.39, 0.29) is 30.5 Å². The van der Waals surface area contributed by atoms with Crippen molar-refractivity contribution >= 4 is 23.1 Å². The third-order valence-electron chi connectivity index (χ3n) is 7.36. The lowest BCUT2D eigenvalue weighted by Gasteiger charge is -2.46. The second-order valence-electron chi connectivity index (χ2n) is 9.55. The molecular formula is C26H33N5O2. The fraction of sp³-hybridized carbons (Fsp3) is 0.500. The first-order valence-corrected chi connectivity index (χ1v) is 12.1. The van der Waals surface area contributed by atoms with E-state index < -0.39 is 0 Å². The molecular weight excluding hydrogens is 414 g/mol. The van der Waals surface area contributed by atoms with Gasteiger partial charge in [0.15, 0.2) is 0 Å². The number of fused-ring (bicyclic) bond motifs is 1. The molecule has 0 unspecified atom stereocenters. The van der Waals surface area contributed by atoms with E-state index in [4.69, 9.17) is 0 Å². The minimum Gasteiger partial charge on any atom is -0.395 e. The number of hydrogen-bond donors (Lipinski definition) is 2. The van der Waals surface area contributed by atoms with Gasteiger partial charge in [-0.2, -0.15) is 0 Å². The summed E-state index contributed by atoms with van der Waals surface area (Å²) in [5.74, 6) is 1.51. The number of hydrogen-bond acceptors (Lipinski definition) is 6. The average molecular weight is 448 g/mol. The van der Waals surface area contributed by atoms with Gasteiger partial charge in [-0.25, -0.2) is 9.97 Å². The highest BCUT2D eigenvalue weighted by Gasteiger charge is 2.47. The molecule has 3 heterocycles. The molecule has 33 heavy (non-hydrogen) atoms.